The second-order valence-electron chi connectivity index (χ2n) is 5.27. The van der Waals surface area contributed by atoms with E-state index in [0.29, 0.717) is 0 Å². The molecule has 23 heavy (non-hydrogen) atoms. The molecule has 1 heterocycles. The number of halogens is 1. The number of carbonyl (C=O) groups is 1. The summed E-state index contributed by atoms with van der Waals surface area (Å²) in [5.74, 6) is -0.0655. The number of fused-ring (bicyclic) bond motifs is 1. The van der Waals surface area contributed by atoms with Gasteiger partial charge < -0.3 is 5.32 Å². The molecule has 0 aliphatic rings. The van der Waals surface area contributed by atoms with Gasteiger partial charge in [-0.25, -0.2) is 9.13 Å². The Kier molecular flexibility index (Phi) is 4.30. The van der Waals surface area contributed by atoms with E-state index in [4.69, 9.17) is 0 Å². The Bertz CT molecular complexity index is 868. The first kappa shape index (κ1) is 15.5. The highest BCUT2D eigenvalue weighted by Gasteiger charge is 2.24. The maximum absolute atomic E-state index is 12.6. The topological polar surface area (TPSA) is 37.9 Å². The Morgan fingerprint density at radius 2 is 1.96 bits per heavy atom. The molecular weight excluding hydrogens is 354 g/mol. The quantitative estimate of drug-likeness (QED) is 0.692. The van der Waals surface area contributed by atoms with Gasteiger partial charge in [-0.15, -0.1) is 0 Å². The zero-order valence-corrected chi connectivity index (χ0v) is 14.3. The van der Waals surface area contributed by atoms with Crippen LogP contribution >= 0.6 is 15.9 Å². The molecule has 0 saturated heterocycles. The zero-order chi connectivity index (χ0) is 16.4. The molecule has 0 aliphatic carbocycles. The second-order valence-corrected chi connectivity index (χ2v) is 6.19. The first-order valence-corrected chi connectivity index (χ1v) is 8.09. The summed E-state index contributed by atoms with van der Waals surface area (Å²) in [5, 5.41) is 2.94. The minimum Gasteiger partial charge on any atom is -0.322 e. The van der Waals surface area contributed by atoms with Crippen LogP contribution in [0.25, 0.3) is 17.2 Å². The molecule has 5 heteroatoms. The van der Waals surface area contributed by atoms with Gasteiger partial charge in [0.2, 0.25) is 6.33 Å². The van der Waals surface area contributed by atoms with Crippen molar-refractivity contribution in [3.8, 4) is 0 Å². The first-order chi connectivity index (χ1) is 11.1. The highest BCUT2D eigenvalue weighted by molar-refractivity contribution is 9.10. The summed E-state index contributed by atoms with van der Waals surface area (Å²) >= 11 is 3.39. The smallest absolute Gasteiger partial charge is 0.269 e. The number of carbonyl (C=O) groups excluding carboxylic acids is 1. The van der Waals surface area contributed by atoms with Crippen molar-refractivity contribution in [3.05, 3.63) is 65.9 Å². The molecule has 1 atom stereocenters. The van der Waals surface area contributed by atoms with E-state index in [1.807, 2.05) is 70.9 Å². The van der Waals surface area contributed by atoms with E-state index >= 15 is 0 Å². The van der Waals surface area contributed by atoms with Gasteiger partial charge in [-0.2, -0.15) is 0 Å². The van der Waals surface area contributed by atoms with Crippen molar-refractivity contribution < 1.29 is 9.36 Å². The number of aromatic nitrogens is 2. The number of rotatable bonds is 4. The third kappa shape index (κ3) is 3.05. The number of amides is 1. The number of nitrogens with one attached hydrogen (secondary N) is 1. The third-order valence-electron chi connectivity index (χ3n) is 3.79. The van der Waals surface area contributed by atoms with Gasteiger partial charge in [-0.05, 0) is 43.3 Å². The molecule has 0 spiro atoms. The van der Waals surface area contributed by atoms with Crippen LogP contribution in [0, 0.1) is 0 Å². The van der Waals surface area contributed by atoms with E-state index < -0.39 is 0 Å². The molecule has 3 rings (SSSR count). The second kappa shape index (κ2) is 6.38. The Morgan fingerprint density at radius 1 is 1.26 bits per heavy atom. The van der Waals surface area contributed by atoms with Crippen LogP contribution in [0.5, 0.6) is 0 Å². The van der Waals surface area contributed by atoms with Crippen LogP contribution in [0.3, 0.4) is 0 Å². The van der Waals surface area contributed by atoms with Crippen LogP contribution < -0.4 is 9.88 Å². The molecule has 4 nitrogen and oxygen atoms in total. The summed E-state index contributed by atoms with van der Waals surface area (Å²) in [6.07, 6.45) is 3.63. The minimum absolute atomic E-state index is 0.0655. The lowest BCUT2D eigenvalue weighted by Crippen LogP contribution is -2.43. The monoisotopic (exact) mass is 370 g/mol. The molecular formula is C18H17BrN3O+. The summed E-state index contributed by atoms with van der Waals surface area (Å²) in [6, 6.07) is 15.1. The highest BCUT2D eigenvalue weighted by atomic mass is 79.9. The molecule has 1 amide bonds. The van der Waals surface area contributed by atoms with Gasteiger partial charge in [-0.1, -0.05) is 34.6 Å². The summed E-state index contributed by atoms with van der Waals surface area (Å²) in [6.45, 7) is 5.70. The molecule has 1 N–H and O–H groups in total. The number of imidazole rings is 1. The van der Waals surface area contributed by atoms with Gasteiger partial charge in [0.05, 0.1) is 6.20 Å². The van der Waals surface area contributed by atoms with E-state index in [9.17, 15) is 4.79 Å². The summed E-state index contributed by atoms with van der Waals surface area (Å²) in [7, 11) is 0. The largest absolute Gasteiger partial charge is 0.322 e. The lowest BCUT2D eigenvalue weighted by atomic mass is 10.2. The first-order valence-electron chi connectivity index (χ1n) is 7.30. The predicted molar refractivity (Wildman–Crippen MR) is 96.0 cm³/mol. The molecule has 1 aromatic heterocycles. The van der Waals surface area contributed by atoms with E-state index in [1.165, 1.54) is 0 Å². The van der Waals surface area contributed by atoms with E-state index in [-0.39, 0.29) is 11.9 Å². The normalized spacial score (nSPS) is 12.1. The van der Waals surface area contributed by atoms with Crippen molar-refractivity contribution in [1.82, 2.24) is 4.57 Å². The van der Waals surface area contributed by atoms with Crippen molar-refractivity contribution >= 4 is 44.8 Å². The van der Waals surface area contributed by atoms with Crippen molar-refractivity contribution in [2.45, 2.75) is 13.0 Å². The Labute approximate surface area is 143 Å². The van der Waals surface area contributed by atoms with E-state index in [0.717, 1.165) is 21.2 Å². The molecule has 0 bridgehead atoms. The van der Waals surface area contributed by atoms with Crippen LogP contribution in [-0.2, 0) is 4.79 Å². The van der Waals surface area contributed by atoms with E-state index in [2.05, 4.69) is 27.8 Å². The minimum atomic E-state index is -0.343. The molecule has 0 radical (unpaired) electrons. The van der Waals surface area contributed by atoms with Crippen molar-refractivity contribution in [2.24, 2.45) is 0 Å². The van der Waals surface area contributed by atoms with Gasteiger partial charge in [-0.3, -0.25) is 4.79 Å². The number of para-hydroxylation sites is 2. The SMILES string of the molecule is C=Cn1c[n+]([C@H](C)C(=O)Nc2ccc(Br)cc2)c2ccccc21. The fourth-order valence-electron chi connectivity index (χ4n) is 2.52. The fraction of sp³-hybridized carbons (Fsp3) is 0.111. The van der Waals surface area contributed by atoms with E-state index in [1.54, 1.807) is 6.20 Å². The summed E-state index contributed by atoms with van der Waals surface area (Å²) in [5.41, 5.74) is 2.79. The van der Waals surface area contributed by atoms with Gasteiger partial charge in [0.1, 0.15) is 0 Å². The fourth-order valence-corrected chi connectivity index (χ4v) is 2.78. The average molecular weight is 371 g/mol. The van der Waals surface area contributed by atoms with Crippen molar-refractivity contribution in [1.29, 1.82) is 0 Å². The Hall–Kier alpha value is -2.40. The zero-order valence-electron chi connectivity index (χ0n) is 12.7. The van der Waals surface area contributed by atoms with Gasteiger partial charge in [0, 0.05) is 10.2 Å². The summed E-state index contributed by atoms with van der Waals surface area (Å²) < 4.78 is 4.84. The molecule has 0 unspecified atom stereocenters. The maximum Gasteiger partial charge on any atom is 0.269 e. The highest BCUT2D eigenvalue weighted by Crippen LogP contribution is 2.17. The average Bonchev–Trinajstić information content (AvgIpc) is 2.95. The van der Waals surface area contributed by atoms with Crippen LogP contribution in [0.2, 0.25) is 0 Å². The summed E-state index contributed by atoms with van der Waals surface area (Å²) in [4.78, 5) is 12.6. The molecule has 2 aromatic carbocycles. The maximum atomic E-state index is 12.6. The number of benzene rings is 2. The number of hydrogen-bond donors (Lipinski definition) is 1. The van der Waals surface area contributed by atoms with Gasteiger partial charge in [0.15, 0.2) is 17.1 Å². The number of hydrogen-bond acceptors (Lipinski definition) is 1. The standard InChI is InChI=1S/C18H16BrN3O/c1-3-21-12-22(17-7-5-4-6-16(17)21)13(2)18(23)20-15-10-8-14(19)9-11-15/h3-13H,1H2,2H3/p+1/t13-/m1/s1. The van der Waals surface area contributed by atoms with Crippen LogP contribution in [0.15, 0.2) is 65.9 Å². The number of anilines is 1. The number of nitrogens with zero attached hydrogens (tertiary/aromatic N) is 2. The van der Waals surface area contributed by atoms with Crippen LogP contribution in [0.4, 0.5) is 5.69 Å². The van der Waals surface area contributed by atoms with Crippen LogP contribution in [0.1, 0.15) is 13.0 Å². The lowest BCUT2D eigenvalue weighted by molar-refractivity contribution is -0.680. The Morgan fingerprint density at radius 3 is 2.65 bits per heavy atom. The molecule has 0 aliphatic heterocycles. The molecule has 3 aromatic rings. The van der Waals surface area contributed by atoms with Crippen molar-refractivity contribution in [2.75, 3.05) is 5.32 Å². The molecule has 0 saturated carbocycles. The van der Waals surface area contributed by atoms with Crippen molar-refractivity contribution in [3.63, 3.8) is 0 Å². The lowest BCUT2D eigenvalue weighted by Gasteiger charge is -2.10. The Balaban J connectivity index is 1.90. The molecule has 0 fully saturated rings. The predicted octanol–water partition coefficient (Wildman–Crippen LogP) is 3.99. The van der Waals surface area contributed by atoms with Gasteiger partial charge >= 0.3 is 0 Å². The molecule has 116 valence electrons. The van der Waals surface area contributed by atoms with Crippen LogP contribution in [-0.4, -0.2) is 10.5 Å². The van der Waals surface area contributed by atoms with Gasteiger partial charge in [0.25, 0.3) is 5.91 Å². The third-order valence-corrected chi connectivity index (χ3v) is 4.32.